The van der Waals surface area contributed by atoms with Gasteiger partial charge in [0.25, 0.3) is 11.6 Å². The van der Waals surface area contributed by atoms with Crippen molar-refractivity contribution in [3.05, 3.63) is 81.1 Å². The van der Waals surface area contributed by atoms with Crippen molar-refractivity contribution in [3.8, 4) is 11.5 Å². The number of nitro benzene ring substituents is 1. The van der Waals surface area contributed by atoms with Gasteiger partial charge in [0.15, 0.2) is 10.7 Å². The van der Waals surface area contributed by atoms with Gasteiger partial charge in [0, 0.05) is 30.4 Å². The van der Waals surface area contributed by atoms with Gasteiger partial charge in [0.05, 0.1) is 15.5 Å². The van der Waals surface area contributed by atoms with E-state index in [9.17, 15) is 19.3 Å². The highest BCUT2D eigenvalue weighted by Gasteiger charge is 2.23. The molecule has 1 aliphatic heterocycles. The number of thiocarbonyl (C=S) groups is 1. The lowest BCUT2D eigenvalue weighted by atomic mass is 10.1. The molecular weight excluding hydrogens is 533 g/mol. The van der Waals surface area contributed by atoms with Crippen LogP contribution in [0.5, 0.6) is 0 Å². The number of nitrogens with zero attached hydrogens (tertiary/aromatic N) is 3. The second-order valence-corrected chi connectivity index (χ2v) is 9.56. The predicted octanol–water partition coefficient (Wildman–Crippen LogP) is 6.31. The van der Waals surface area contributed by atoms with E-state index < -0.39 is 16.6 Å². The number of amides is 1. The zero-order chi connectivity index (χ0) is 26.8. The third kappa shape index (κ3) is 5.43. The van der Waals surface area contributed by atoms with Gasteiger partial charge in [0.1, 0.15) is 17.0 Å². The molecule has 1 aliphatic rings. The summed E-state index contributed by atoms with van der Waals surface area (Å²) in [6, 6.07) is 13.4. The molecule has 1 saturated heterocycles. The van der Waals surface area contributed by atoms with E-state index >= 15 is 0 Å². The van der Waals surface area contributed by atoms with E-state index in [1.54, 1.807) is 30.3 Å². The number of hydrogen-bond acceptors (Lipinski definition) is 7. The number of hydrogen-bond donors (Lipinski definition) is 2. The minimum absolute atomic E-state index is 0.00223. The Kier molecular flexibility index (Phi) is 7.21. The van der Waals surface area contributed by atoms with Crippen molar-refractivity contribution < 1.29 is 18.5 Å². The Balaban J connectivity index is 1.29. The van der Waals surface area contributed by atoms with E-state index in [4.69, 9.17) is 28.2 Å². The van der Waals surface area contributed by atoms with Gasteiger partial charge in [0.2, 0.25) is 5.89 Å². The summed E-state index contributed by atoms with van der Waals surface area (Å²) in [5, 5.41) is 17.3. The van der Waals surface area contributed by atoms with Gasteiger partial charge >= 0.3 is 0 Å². The highest BCUT2D eigenvalue weighted by molar-refractivity contribution is 7.80. The van der Waals surface area contributed by atoms with Gasteiger partial charge in [-0.25, -0.2) is 9.37 Å². The zero-order valence-electron chi connectivity index (χ0n) is 19.9. The van der Waals surface area contributed by atoms with Crippen LogP contribution in [-0.4, -0.2) is 34.0 Å². The van der Waals surface area contributed by atoms with Crippen LogP contribution in [0.15, 0.2) is 59.0 Å². The summed E-state index contributed by atoms with van der Waals surface area (Å²) < 4.78 is 19.1. The largest absolute Gasteiger partial charge is 0.436 e. The van der Waals surface area contributed by atoms with Gasteiger partial charge in [-0.2, -0.15) is 0 Å². The third-order valence-corrected chi connectivity index (χ3v) is 6.68. The number of fused-ring (bicyclic) bond motifs is 1. The van der Waals surface area contributed by atoms with Crippen LogP contribution in [0.2, 0.25) is 5.02 Å². The third-order valence-electron chi connectivity index (χ3n) is 6.17. The Morgan fingerprint density at radius 2 is 1.89 bits per heavy atom. The first-order valence-corrected chi connectivity index (χ1v) is 12.6. The van der Waals surface area contributed by atoms with Gasteiger partial charge in [-0.05, 0) is 80.0 Å². The van der Waals surface area contributed by atoms with E-state index in [0.29, 0.717) is 28.0 Å². The normalized spacial score (nSPS) is 13.4. The predicted molar refractivity (Wildman–Crippen MR) is 147 cm³/mol. The van der Waals surface area contributed by atoms with E-state index in [1.807, 2.05) is 4.90 Å². The smallest absolute Gasteiger partial charge is 0.293 e. The minimum atomic E-state index is -0.577. The monoisotopic (exact) mass is 553 g/mol. The highest BCUT2D eigenvalue weighted by atomic mass is 35.5. The number of piperidine rings is 1. The number of carbonyl (C=O) groups excluding carboxylic acids is 1. The fourth-order valence-electron chi connectivity index (χ4n) is 4.33. The van der Waals surface area contributed by atoms with Crippen LogP contribution in [0.3, 0.4) is 0 Å². The summed E-state index contributed by atoms with van der Waals surface area (Å²) in [5.41, 5.74) is 2.45. The number of halogens is 2. The second kappa shape index (κ2) is 10.7. The van der Waals surface area contributed by atoms with Crippen molar-refractivity contribution in [1.29, 1.82) is 0 Å². The van der Waals surface area contributed by atoms with Crippen molar-refractivity contribution >= 4 is 63.0 Å². The Hall–Kier alpha value is -4.09. The van der Waals surface area contributed by atoms with Crippen LogP contribution in [0, 0.1) is 15.9 Å². The summed E-state index contributed by atoms with van der Waals surface area (Å²) in [5.74, 6) is -0.816. The first kappa shape index (κ1) is 25.6. The molecular formula is C26H21ClFN5O4S. The molecule has 2 N–H and O–H groups in total. The number of aromatic nitrogens is 1. The zero-order valence-corrected chi connectivity index (χ0v) is 21.4. The average molecular weight is 554 g/mol. The lowest BCUT2D eigenvalue weighted by Crippen LogP contribution is -2.34. The molecule has 5 rings (SSSR count). The Morgan fingerprint density at radius 1 is 1.11 bits per heavy atom. The molecule has 3 aromatic carbocycles. The molecule has 1 aromatic heterocycles. The maximum Gasteiger partial charge on any atom is 0.293 e. The van der Waals surface area contributed by atoms with E-state index in [-0.39, 0.29) is 27.3 Å². The molecule has 0 aliphatic carbocycles. The van der Waals surface area contributed by atoms with E-state index in [2.05, 4.69) is 15.6 Å². The summed E-state index contributed by atoms with van der Waals surface area (Å²) >= 11 is 11.4. The van der Waals surface area contributed by atoms with Crippen molar-refractivity contribution in [1.82, 2.24) is 10.3 Å². The lowest BCUT2D eigenvalue weighted by Gasteiger charge is -2.28. The number of anilines is 2. The highest BCUT2D eigenvalue weighted by Crippen LogP contribution is 2.32. The number of nitrogens with one attached hydrogen (secondary N) is 2. The molecule has 0 saturated carbocycles. The number of carbonyl (C=O) groups is 1. The summed E-state index contributed by atoms with van der Waals surface area (Å²) in [6.45, 7) is 1.49. The Labute approximate surface area is 226 Å². The summed E-state index contributed by atoms with van der Waals surface area (Å²) in [7, 11) is 0. The molecule has 2 heterocycles. The van der Waals surface area contributed by atoms with Crippen LogP contribution in [0.1, 0.15) is 29.6 Å². The second-order valence-electron chi connectivity index (χ2n) is 8.74. The summed E-state index contributed by atoms with van der Waals surface area (Å²) in [4.78, 5) is 30.4. The van der Waals surface area contributed by atoms with Crippen LogP contribution < -0.4 is 15.5 Å². The first-order valence-electron chi connectivity index (χ1n) is 11.8. The summed E-state index contributed by atoms with van der Waals surface area (Å²) in [6.07, 6.45) is 3.05. The standard InChI is InChI=1S/C26H21ClFN5O4S/c27-19-13-16(28)5-7-18(19)25-30-20-14-17(6-9-23(20)37-25)29-26(38)31-24(34)15-4-8-21(22(12-15)33(35)36)32-10-2-1-3-11-32/h4-9,12-14H,1-3,10-11H2,(H2,29,31,34,38). The van der Waals surface area contributed by atoms with Gasteiger partial charge < -0.3 is 14.6 Å². The van der Waals surface area contributed by atoms with Crippen molar-refractivity contribution in [2.75, 3.05) is 23.3 Å². The Bertz CT molecular complexity index is 1570. The van der Waals surface area contributed by atoms with Crippen molar-refractivity contribution in [2.24, 2.45) is 0 Å². The number of rotatable bonds is 5. The molecule has 0 bridgehead atoms. The molecule has 0 spiro atoms. The molecule has 9 nitrogen and oxygen atoms in total. The van der Waals surface area contributed by atoms with Gasteiger partial charge in [-0.1, -0.05) is 11.6 Å². The van der Waals surface area contributed by atoms with Gasteiger partial charge in [-0.3, -0.25) is 20.2 Å². The maximum absolute atomic E-state index is 13.4. The lowest BCUT2D eigenvalue weighted by molar-refractivity contribution is -0.384. The number of oxazole rings is 1. The fraction of sp³-hybridized carbons (Fsp3) is 0.192. The SMILES string of the molecule is O=C(NC(=S)Nc1ccc2oc(-c3ccc(F)cc3Cl)nc2c1)c1ccc(N2CCCCC2)c([N+](=O)[O-])c1. The van der Waals surface area contributed by atoms with E-state index in [0.717, 1.165) is 32.4 Å². The van der Waals surface area contributed by atoms with Crippen molar-refractivity contribution in [2.45, 2.75) is 19.3 Å². The van der Waals surface area contributed by atoms with Crippen LogP contribution >= 0.6 is 23.8 Å². The molecule has 0 radical (unpaired) electrons. The molecule has 1 fully saturated rings. The fourth-order valence-corrected chi connectivity index (χ4v) is 4.79. The topological polar surface area (TPSA) is 114 Å². The average Bonchev–Trinajstić information content (AvgIpc) is 3.31. The molecule has 4 aromatic rings. The van der Waals surface area contributed by atoms with Crippen LogP contribution in [0.4, 0.5) is 21.5 Å². The van der Waals surface area contributed by atoms with E-state index in [1.165, 1.54) is 24.3 Å². The number of benzene rings is 3. The molecule has 194 valence electrons. The van der Waals surface area contributed by atoms with Gasteiger partial charge in [-0.15, -0.1) is 0 Å². The molecule has 0 atom stereocenters. The van der Waals surface area contributed by atoms with Crippen molar-refractivity contribution in [3.63, 3.8) is 0 Å². The quantitative estimate of drug-likeness (QED) is 0.168. The minimum Gasteiger partial charge on any atom is -0.436 e. The van der Waals surface area contributed by atoms with Crippen LogP contribution in [0.25, 0.3) is 22.6 Å². The Morgan fingerprint density at radius 3 is 2.63 bits per heavy atom. The molecule has 1 amide bonds. The molecule has 0 unspecified atom stereocenters. The number of nitro groups is 1. The molecule has 38 heavy (non-hydrogen) atoms. The van der Waals surface area contributed by atoms with Crippen LogP contribution in [-0.2, 0) is 0 Å². The molecule has 12 heteroatoms. The maximum atomic E-state index is 13.4. The first-order chi connectivity index (χ1) is 18.3.